The highest BCUT2D eigenvalue weighted by atomic mass is 16.5. The molecule has 3 N–H and O–H groups in total. The van der Waals surface area contributed by atoms with Crippen LogP contribution in [0.25, 0.3) is 0 Å². The van der Waals surface area contributed by atoms with Gasteiger partial charge in [0, 0.05) is 5.92 Å². The van der Waals surface area contributed by atoms with Crippen LogP contribution in [0.3, 0.4) is 0 Å². The van der Waals surface area contributed by atoms with E-state index >= 15 is 0 Å². The van der Waals surface area contributed by atoms with Gasteiger partial charge in [0.15, 0.2) is 5.82 Å². The van der Waals surface area contributed by atoms with Crippen LogP contribution < -0.4 is 5.73 Å². The molecule has 1 atom stereocenters. The van der Waals surface area contributed by atoms with Crippen LogP contribution >= 0.6 is 0 Å². The van der Waals surface area contributed by atoms with E-state index in [1.165, 1.54) is 0 Å². The summed E-state index contributed by atoms with van der Waals surface area (Å²) < 4.78 is 5.15. The van der Waals surface area contributed by atoms with E-state index in [-0.39, 0.29) is 17.7 Å². The molecular formula is C13H17N3O2. The van der Waals surface area contributed by atoms with Crippen molar-refractivity contribution in [1.29, 1.82) is 0 Å². The third kappa shape index (κ3) is 2.87. The Balaban J connectivity index is 2.06. The monoisotopic (exact) mass is 247 g/mol. The Labute approximate surface area is 106 Å². The molecule has 0 saturated heterocycles. The Bertz CT molecular complexity index is 505. The highest BCUT2D eigenvalue weighted by Crippen LogP contribution is 2.18. The zero-order valence-electron chi connectivity index (χ0n) is 10.5. The minimum absolute atomic E-state index is 0.225. The second-order valence-corrected chi connectivity index (χ2v) is 4.62. The predicted molar refractivity (Wildman–Crippen MR) is 67.1 cm³/mol. The summed E-state index contributed by atoms with van der Waals surface area (Å²) in [6.07, 6.45) is 0.597. The molecule has 2 aromatic rings. The molecule has 5 nitrogen and oxygen atoms in total. The van der Waals surface area contributed by atoms with E-state index in [1.807, 2.05) is 26.0 Å². The number of phenols is 1. The molecule has 18 heavy (non-hydrogen) atoms. The van der Waals surface area contributed by atoms with Gasteiger partial charge < -0.3 is 15.4 Å². The highest BCUT2D eigenvalue weighted by molar-refractivity contribution is 5.26. The number of rotatable bonds is 4. The number of hydrogen-bond donors (Lipinski definition) is 2. The van der Waals surface area contributed by atoms with Crippen LogP contribution in [0.4, 0.5) is 0 Å². The SMILES string of the molecule is CC(C)c1noc(C(N)Cc2ccc(O)cc2)n1. The van der Waals surface area contributed by atoms with Gasteiger partial charge in [0.1, 0.15) is 5.75 Å². The lowest BCUT2D eigenvalue weighted by molar-refractivity contribution is 0.349. The predicted octanol–water partition coefficient (Wildman–Crippen LogP) is 2.14. The van der Waals surface area contributed by atoms with Gasteiger partial charge in [-0.15, -0.1) is 0 Å². The van der Waals surface area contributed by atoms with E-state index in [4.69, 9.17) is 10.3 Å². The van der Waals surface area contributed by atoms with Crippen LogP contribution in [0.1, 0.15) is 43.1 Å². The average molecular weight is 247 g/mol. The van der Waals surface area contributed by atoms with Gasteiger partial charge >= 0.3 is 0 Å². The van der Waals surface area contributed by atoms with Gasteiger partial charge in [-0.2, -0.15) is 4.98 Å². The van der Waals surface area contributed by atoms with Gasteiger partial charge in [0.25, 0.3) is 0 Å². The summed E-state index contributed by atoms with van der Waals surface area (Å²) in [6.45, 7) is 4.00. The maximum Gasteiger partial charge on any atom is 0.243 e. The van der Waals surface area contributed by atoms with E-state index in [0.717, 1.165) is 5.56 Å². The van der Waals surface area contributed by atoms with Crippen molar-refractivity contribution >= 4 is 0 Å². The van der Waals surface area contributed by atoms with Crippen LogP contribution in [-0.4, -0.2) is 15.2 Å². The van der Waals surface area contributed by atoms with Gasteiger partial charge in [-0.1, -0.05) is 31.1 Å². The van der Waals surface area contributed by atoms with Crippen molar-refractivity contribution in [3.8, 4) is 5.75 Å². The molecule has 0 amide bonds. The second kappa shape index (κ2) is 5.18. The summed E-state index contributed by atoms with van der Waals surface area (Å²) in [6, 6.07) is 6.60. The summed E-state index contributed by atoms with van der Waals surface area (Å²) >= 11 is 0. The minimum atomic E-state index is -0.324. The van der Waals surface area contributed by atoms with Crippen molar-refractivity contribution in [2.75, 3.05) is 0 Å². The number of nitrogens with zero attached hydrogens (tertiary/aromatic N) is 2. The number of nitrogens with two attached hydrogens (primary N) is 1. The second-order valence-electron chi connectivity index (χ2n) is 4.62. The Morgan fingerprint density at radius 1 is 1.28 bits per heavy atom. The summed E-state index contributed by atoms with van der Waals surface area (Å²) in [7, 11) is 0. The fraction of sp³-hybridized carbons (Fsp3) is 0.385. The fourth-order valence-electron chi connectivity index (χ4n) is 1.61. The molecule has 96 valence electrons. The van der Waals surface area contributed by atoms with E-state index in [0.29, 0.717) is 18.1 Å². The molecule has 0 aliphatic carbocycles. The molecule has 0 aliphatic heterocycles. The molecule has 0 saturated carbocycles. The molecule has 5 heteroatoms. The Hall–Kier alpha value is -1.88. The smallest absolute Gasteiger partial charge is 0.243 e. The molecule has 0 bridgehead atoms. The zero-order valence-corrected chi connectivity index (χ0v) is 10.5. The fourth-order valence-corrected chi connectivity index (χ4v) is 1.61. The Morgan fingerprint density at radius 2 is 1.94 bits per heavy atom. The highest BCUT2D eigenvalue weighted by Gasteiger charge is 2.16. The first kappa shape index (κ1) is 12.6. The third-order valence-corrected chi connectivity index (χ3v) is 2.68. The van der Waals surface area contributed by atoms with Crippen molar-refractivity contribution in [3.63, 3.8) is 0 Å². The maximum atomic E-state index is 9.20. The summed E-state index contributed by atoms with van der Waals surface area (Å²) in [5.41, 5.74) is 7.04. The first-order valence-corrected chi connectivity index (χ1v) is 5.93. The van der Waals surface area contributed by atoms with E-state index in [1.54, 1.807) is 12.1 Å². The quantitative estimate of drug-likeness (QED) is 0.864. The van der Waals surface area contributed by atoms with Crippen molar-refractivity contribution in [3.05, 3.63) is 41.5 Å². The van der Waals surface area contributed by atoms with Crippen molar-refractivity contribution in [2.45, 2.75) is 32.2 Å². The lowest BCUT2D eigenvalue weighted by Crippen LogP contribution is -2.13. The van der Waals surface area contributed by atoms with E-state index in [2.05, 4.69) is 10.1 Å². The van der Waals surface area contributed by atoms with Gasteiger partial charge in [-0.3, -0.25) is 0 Å². The average Bonchev–Trinajstić information content (AvgIpc) is 2.81. The van der Waals surface area contributed by atoms with Crippen LogP contribution in [0.2, 0.25) is 0 Å². The topological polar surface area (TPSA) is 85.2 Å². The number of phenolic OH excluding ortho intramolecular Hbond substituents is 1. The molecule has 1 heterocycles. The van der Waals surface area contributed by atoms with Crippen LogP contribution in [-0.2, 0) is 6.42 Å². The first-order valence-electron chi connectivity index (χ1n) is 5.93. The molecule has 0 fully saturated rings. The van der Waals surface area contributed by atoms with Crippen molar-refractivity contribution in [2.24, 2.45) is 5.73 Å². The normalized spacial score (nSPS) is 12.9. The van der Waals surface area contributed by atoms with E-state index in [9.17, 15) is 5.11 Å². The standard InChI is InChI=1S/C13H17N3O2/c1-8(2)12-15-13(18-16-12)11(14)7-9-3-5-10(17)6-4-9/h3-6,8,11,17H,7,14H2,1-2H3. The molecule has 1 aromatic heterocycles. The molecule has 0 radical (unpaired) electrons. The van der Waals surface area contributed by atoms with E-state index < -0.39 is 0 Å². The van der Waals surface area contributed by atoms with Gasteiger partial charge in [-0.05, 0) is 24.1 Å². The van der Waals surface area contributed by atoms with Gasteiger partial charge in [-0.25, -0.2) is 0 Å². The zero-order chi connectivity index (χ0) is 13.1. The van der Waals surface area contributed by atoms with Crippen LogP contribution in [0, 0.1) is 0 Å². The number of aromatic nitrogens is 2. The molecule has 1 aromatic carbocycles. The molecule has 1 unspecified atom stereocenters. The molecular weight excluding hydrogens is 230 g/mol. The van der Waals surface area contributed by atoms with Crippen molar-refractivity contribution in [1.82, 2.24) is 10.1 Å². The summed E-state index contributed by atoms with van der Waals surface area (Å²) in [4.78, 5) is 4.27. The molecule has 2 rings (SSSR count). The van der Waals surface area contributed by atoms with Crippen LogP contribution in [0.5, 0.6) is 5.75 Å². The Morgan fingerprint density at radius 3 is 2.50 bits per heavy atom. The Kier molecular flexibility index (Phi) is 3.62. The summed E-state index contributed by atoms with van der Waals surface area (Å²) in [5.74, 6) is 1.59. The van der Waals surface area contributed by atoms with Crippen LogP contribution in [0.15, 0.2) is 28.8 Å². The number of hydrogen-bond acceptors (Lipinski definition) is 5. The maximum absolute atomic E-state index is 9.20. The third-order valence-electron chi connectivity index (χ3n) is 2.68. The molecule has 0 spiro atoms. The summed E-state index contributed by atoms with van der Waals surface area (Å²) in [5, 5.41) is 13.1. The lowest BCUT2D eigenvalue weighted by atomic mass is 10.1. The van der Waals surface area contributed by atoms with Crippen molar-refractivity contribution < 1.29 is 9.63 Å². The lowest BCUT2D eigenvalue weighted by Gasteiger charge is -2.06. The molecule has 0 aliphatic rings. The largest absolute Gasteiger partial charge is 0.508 e. The van der Waals surface area contributed by atoms with Gasteiger partial charge in [0.05, 0.1) is 6.04 Å². The first-order chi connectivity index (χ1) is 8.56. The number of aromatic hydroxyl groups is 1. The number of benzene rings is 1. The van der Waals surface area contributed by atoms with Gasteiger partial charge in [0.2, 0.25) is 5.89 Å². The minimum Gasteiger partial charge on any atom is -0.508 e.